The summed E-state index contributed by atoms with van der Waals surface area (Å²) in [6.45, 7) is 1.85. The van der Waals surface area contributed by atoms with E-state index < -0.39 is 0 Å². The Morgan fingerprint density at radius 2 is 1.80 bits per heavy atom. The van der Waals surface area contributed by atoms with E-state index in [1.807, 2.05) is 0 Å². The first-order valence-electron chi connectivity index (χ1n) is 9.80. The van der Waals surface area contributed by atoms with E-state index in [9.17, 15) is 4.39 Å². The standard InChI is InChI=1S/C22H23FN6O/c23-15-5-9-18(10-6-15)30-17-7-3-14(4-8-17)20(24)19-21(25)27-13-28-22(19)29-16-2-1-11-26-12-16/h3-10,13,16,24,26H,1-2,11-12H2,(H3,25,27,28,29). The summed E-state index contributed by atoms with van der Waals surface area (Å²) in [5.74, 6) is 1.62. The van der Waals surface area contributed by atoms with Gasteiger partial charge in [0.15, 0.2) is 0 Å². The van der Waals surface area contributed by atoms with Gasteiger partial charge in [0.2, 0.25) is 0 Å². The SMILES string of the molecule is N=C(c1ccc(Oc2ccc(F)cc2)cc1)c1c(N)ncnc1NC1CCCNC1. The summed E-state index contributed by atoms with van der Waals surface area (Å²) in [6.07, 6.45) is 3.52. The van der Waals surface area contributed by atoms with Crippen LogP contribution in [0.15, 0.2) is 54.9 Å². The molecule has 1 unspecified atom stereocenters. The van der Waals surface area contributed by atoms with E-state index in [-0.39, 0.29) is 23.4 Å². The van der Waals surface area contributed by atoms with Crippen LogP contribution in [0.25, 0.3) is 0 Å². The van der Waals surface area contributed by atoms with Crippen LogP contribution in [0, 0.1) is 11.2 Å². The number of piperidine rings is 1. The first kappa shape index (κ1) is 19.8. The molecule has 1 aliphatic heterocycles. The zero-order chi connectivity index (χ0) is 20.9. The van der Waals surface area contributed by atoms with Crippen LogP contribution in [0.4, 0.5) is 16.0 Å². The number of nitrogens with two attached hydrogens (primary N) is 1. The lowest BCUT2D eigenvalue weighted by atomic mass is 10.0. The molecule has 1 saturated heterocycles. The number of nitrogen functional groups attached to an aromatic ring is 1. The zero-order valence-electron chi connectivity index (χ0n) is 16.4. The molecule has 7 nitrogen and oxygen atoms in total. The molecule has 8 heteroatoms. The third kappa shape index (κ3) is 4.55. The minimum Gasteiger partial charge on any atom is -0.457 e. The summed E-state index contributed by atoms with van der Waals surface area (Å²) in [6, 6.07) is 13.1. The predicted octanol–water partition coefficient (Wildman–Crippen LogP) is 3.57. The Balaban J connectivity index is 1.53. The van der Waals surface area contributed by atoms with Crippen LogP contribution in [0.1, 0.15) is 24.0 Å². The predicted molar refractivity (Wildman–Crippen MR) is 115 cm³/mol. The van der Waals surface area contributed by atoms with Crippen LogP contribution in [-0.4, -0.2) is 34.8 Å². The highest BCUT2D eigenvalue weighted by molar-refractivity contribution is 6.16. The van der Waals surface area contributed by atoms with Gasteiger partial charge >= 0.3 is 0 Å². The second-order valence-corrected chi connectivity index (χ2v) is 7.13. The molecular formula is C22H23FN6O. The van der Waals surface area contributed by atoms with Crippen molar-refractivity contribution in [2.75, 3.05) is 24.1 Å². The van der Waals surface area contributed by atoms with Gasteiger partial charge in [0.1, 0.15) is 35.3 Å². The molecule has 1 atom stereocenters. The number of halogens is 1. The van der Waals surface area contributed by atoms with Crippen molar-refractivity contribution in [3.63, 3.8) is 0 Å². The number of rotatable bonds is 6. The Morgan fingerprint density at radius 3 is 2.47 bits per heavy atom. The Hall–Kier alpha value is -3.52. The molecule has 3 aromatic rings. The summed E-state index contributed by atoms with van der Waals surface area (Å²) in [5, 5.41) is 15.4. The molecule has 1 fully saturated rings. The number of anilines is 2. The third-order valence-corrected chi connectivity index (χ3v) is 4.96. The summed E-state index contributed by atoms with van der Waals surface area (Å²) in [7, 11) is 0. The normalized spacial score (nSPS) is 16.1. The van der Waals surface area contributed by atoms with Gasteiger partial charge in [-0.3, -0.25) is 5.41 Å². The van der Waals surface area contributed by atoms with Crippen LogP contribution in [-0.2, 0) is 0 Å². The summed E-state index contributed by atoms with van der Waals surface area (Å²) in [4.78, 5) is 8.41. The largest absolute Gasteiger partial charge is 0.457 e. The van der Waals surface area contributed by atoms with Gasteiger partial charge < -0.3 is 21.1 Å². The minimum absolute atomic E-state index is 0.228. The van der Waals surface area contributed by atoms with E-state index in [2.05, 4.69) is 20.6 Å². The van der Waals surface area contributed by atoms with Crippen molar-refractivity contribution in [1.29, 1.82) is 5.41 Å². The first-order chi connectivity index (χ1) is 14.6. The van der Waals surface area contributed by atoms with Gasteiger partial charge in [-0.05, 0) is 67.9 Å². The van der Waals surface area contributed by atoms with Gasteiger partial charge in [-0.25, -0.2) is 14.4 Å². The highest BCUT2D eigenvalue weighted by atomic mass is 19.1. The topological polar surface area (TPSA) is 109 Å². The fourth-order valence-electron chi connectivity index (χ4n) is 3.40. The van der Waals surface area contributed by atoms with E-state index in [1.165, 1.54) is 18.5 Å². The highest BCUT2D eigenvalue weighted by Crippen LogP contribution is 2.26. The number of hydrogen-bond acceptors (Lipinski definition) is 7. The van der Waals surface area contributed by atoms with E-state index in [1.54, 1.807) is 36.4 Å². The van der Waals surface area contributed by atoms with Gasteiger partial charge in [-0.1, -0.05) is 0 Å². The average Bonchev–Trinajstić information content (AvgIpc) is 2.76. The molecule has 0 aliphatic carbocycles. The van der Waals surface area contributed by atoms with Gasteiger partial charge in [-0.15, -0.1) is 0 Å². The average molecular weight is 406 g/mol. The minimum atomic E-state index is -0.317. The molecule has 4 rings (SSSR count). The van der Waals surface area contributed by atoms with Gasteiger partial charge in [0.05, 0.1) is 11.3 Å². The fourth-order valence-corrected chi connectivity index (χ4v) is 3.40. The molecule has 0 bridgehead atoms. The molecule has 154 valence electrons. The molecule has 0 radical (unpaired) electrons. The molecule has 2 heterocycles. The summed E-state index contributed by atoms with van der Waals surface area (Å²) < 4.78 is 18.7. The lowest BCUT2D eigenvalue weighted by Gasteiger charge is -2.25. The lowest BCUT2D eigenvalue weighted by molar-refractivity contribution is 0.479. The Labute approximate surface area is 174 Å². The fraction of sp³-hybridized carbons (Fsp3) is 0.227. The van der Waals surface area contributed by atoms with Gasteiger partial charge in [-0.2, -0.15) is 0 Å². The van der Waals surface area contributed by atoms with Crippen LogP contribution >= 0.6 is 0 Å². The van der Waals surface area contributed by atoms with Crippen LogP contribution < -0.4 is 21.1 Å². The molecule has 0 spiro atoms. The maximum atomic E-state index is 13.0. The van der Waals surface area contributed by atoms with Crippen molar-refractivity contribution in [3.8, 4) is 11.5 Å². The Bertz CT molecular complexity index is 1020. The summed E-state index contributed by atoms with van der Waals surface area (Å²) in [5.41, 5.74) is 7.48. The van der Waals surface area contributed by atoms with Crippen LogP contribution in [0.2, 0.25) is 0 Å². The van der Waals surface area contributed by atoms with E-state index in [0.717, 1.165) is 25.9 Å². The number of nitrogens with one attached hydrogen (secondary N) is 3. The summed E-state index contributed by atoms with van der Waals surface area (Å²) >= 11 is 0. The van der Waals surface area contributed by atoms with Gasteiger partial charge in [0, 0.05) is 18.2 Å². The van der Waals surface area contributed by atoms with Crippen molar-refractivity contribution >= 4 is 17.3 Å². The molecule has 0 saturated carbocycles. The Morgan fingerprint density at radius 1 is 1.10 bits per heavy atom. The molecule has 0 amide bonds. The lowest BCUT2D eigenvalue weighted by Crippen LogP contribution is -2.39. The van der Waals surface area contributed by atoms with Gasteiger partial charge in [0.25, 0.3) is 0 Å². The van der Waals surface area contributed by atoms with E-state index in [4.69, 9.17) is 15.9 Å². The number of hydrogen-bond donors (Lipinski definition) is 4. The maximum Gasteiger partial charge on any atom is 0.141 e. The third-order valence-electron chi connectivity index (χ3n) is 4.96. The quantitative estimate of drug-likeness (QED) is 0.466. The van der Waals surface area contributed by atoms with Crippen LogP contribution in [0.5, 0.6) is 11.5 Å². The molecular weight excluding hydrogens is 383 g/mol. The van der Waals surface area contributed by atoms with Crippen LogP contribution in [0.3, 0.4) is 0 Å². The molecule has 2 aromatic carbocycles. The smallest absolute Gasteiger partial charge is 0.141 e. The Kier molecular flexibility index (Phi) is 5.85. The van der Waals surface area contributed by atoms with E-state index in [0.29, 0.717) is 28.4 Å². The molecule has 1 aliphatic rings. The molecule has 1 aromatic heterocycles. The van der Waals surface area contributed by atoms with Crippen molar-refractivity contribution < 1.29 is 9.13 Å². The highest BCUT2D eigenvalue weighted by Gasteiger charge is 2.20. The van der Waals surface area contributed by atoms with Crippen molar-refractivity contribution in [1.82, 2.24) is 15.3 Å². The zero-order valence-corrected chi connectivity index (χ0v) is 16.4. The van der Waals surface area contributed by atoms with Crippen molar-refractivity contribution in [2.45, 2.75) is 18.9 Å². The number of aromatic nitrogens is 2. The second-order valence-electron chi connectivity index (χ2n) is 7.13. The monoisotopic (exact) mass is 406 g/mol. The number of nitrogens with zero attached hydrogens (tertiary/aromatic N) is 2. The second kappa shape index (κ2) is 8.87. The number of benzene rings is 2. The van der Waals surface area contributed by atoms with Crippen molar-refractivity contribution in [3.05, 3.63) is 71.8 Å². The number of ether oxygens (including phenoxy) is 1. The molecule has 30 heavy (non-hydrogen) atoms. The first-order valence-corrected chi connectivity index (χ1v) is 9.80. The van der Waals surface area contributed by atoms with Crippen molar-refractivity contribution in [2.24, 2.45) is 0 Å². The maximum absolute atomic E-state index is 13.0. The van der Waals surface area contributed by atoms with E-state index >= 15 is 0 Å². The molecule has 5 N–H and O–H groups in total.